The highest BCUT2D eigenvalue weighted by Crippen LogP contribution is 2.10. The first-order valence-electron chi connectivity index (χ1n) is 2.83. The maximum Gasteiger partial charge on any atom is 0.0739 e. The van der Waals surface area contributed by atoms with E-state index in [1.54, 1.807) is 0 Å². The fourth-order valence-electron chi connectivity index (χ4n) is 0.623. The Morgan fingerprint density at radius 3 is 2.40 bits per heavy atom. The maximum atomic E-state index is 4.43. The minimum absolute atomic E-state index is 0.822. The smallest absolute Gasteiger partial charge is 0.0739 e. The molecule has 10 heavy (non-hydrogen) atoms. The summed E-state index contributed by atoms with van der Waals surface area (Å²) in [6.07, 6.45) is 0. The lowest BCUT2D eigenvalue weighted by molar-refractivity contribution is 1.52. The summed E-state index contributed by atoms with van der Waals surface area (Å²) in [4.78, 5) is 3.78. The van der Waals surface area contributed by atoms with E-state index in [1.807, 2.05) is 24.3 Å². The Kier molecular flexibility index (Phi) is 2.32. The van der Waals surface area contributed by atoms with Crippen LogP contribution in [0.15, 0.2) is 29.3 Å². The van der Waals surface area contributed by atoms with Crippen molar-refractivity contribution in [2.75, 3.05) is 0 Å². The highest BCUT2D eigenvalue weighted by Gasteiger charge is 1.84. The molecule has 0 aliphatic carbocycles. The number of aliphatic imine (C=N–C) groups is 1. The third-order valence-corrected chi connectivity index (χ3v) is 1.20. The van der Waals surface area contributed by atoms with Gasteiger partial charge in [-0.25, -0.2) is 0 Å². The third kappa shape index (κ3) is 1.76. The van der Waals surface area contributed by atoms with E-state index in [1.165, 1.54) is 0 Å². The molecule has 0 aliphatic rings. The molecule has 1 aromatic carbocycles. The number of hydrogen-bond acceptors (Lipinski definition) is 2. The quantitative estimate of drug-likeness (QED) is 0.440. The molecular weight excluding hydrogens is 142 g/mol. The number of nitrogens with zero attached hydrogens (tertiary/aromatic N) is 1. The van der Waals surface area contributed by atoms with E-state index in [0.717, 1.165) is 11.3 Å². The second-order valence-electron chi connectivity index (χ2n) is 1.87. The van der Waals surface area contributed by atoms with Gasteiger partial charge in [-0.15, -0.1) is 0 Å². The number of rotatable bonds is 1. The monoisotopic (exact) mass is 148 g/mol. The molecule has 0 saturated carbocycles. The van der Waals surface area contributed by atoms with E-state index in [9.17, 15) is 0 Å². The van der Waals surface area contributed by atoms with Gasteiger partial charge in [-0.05, 0) is 36.8 Å². The molecular formula is C8H6NS. The number of hydrogen-bond donors (Lipinski definition) is 0. The largest absolute Gasteiger partial charge is 0.195 e. The van der Waals surface area contributed by atoms with Crippen LogP contribution >= 0.6 is 12.2 Å². The number of benzene rings is 1. The fourth-order valence-corrected chi connectivity index (χ4v) is 0.729. The molecule has 49 valence electrons. The van der Waals surface area contributed by atoms with Crippen molar-refractivity contribution in [2.45, 2.75) is 0 Å². The summed E-state index contributed by atoms with van der Waals surface area (Å²) in [5.74, 6) is 0. The summed E-state index contributed by atoms with van der Waals surface area (Å²) in [7, 11) is 0. The lowest BCUT2D eigenvalue weighted by atomic mass is 10.2. The van der Waals surface area contributed by atoms with Crippen LogP contribution < -0.4 is 0 Å². The highest BCUT2D eigenvalue weighted by atomic mass is 32.1. The molecule has 2 heteroatoms. The summed E-state index contributed by atoms with van der Waals surface area (Å²) >= 11 is 4.43. The predicted octanol–water partition coefficient (Wildman–Crippen LogP) is 2.60. The molecule has 0 atom stereocenters. The van der Waals surface area contributed by atoms with Gasteiger partial charge >= 0.3 is 0 Å². The fraction of sp³-hybridized carbons (Fsp3) is 0. The molecule has 1 radical (unpaired) electrons. The zero-order chi connectivity index (χ0) is 7.40. The van der Waals surface area contributed by atoms with Crippen LogP contribution in [0, 0.1) is 6.92 Å². The molecule has 1 aromatic rings. The normalized spacial score (nSPS) is 8.50. The van der Waals surface area contributed by atoms with Crippen molar-refractivity contribution in [1.29, 1.82) is 0 Å². The predicted molar refractivity (Wildman–Crippen MR) is 45.6 cm³/mol. The second kappa shape index (κ2) is 3.25. The van der Waals surface area contributed by atoms with Crippen molar-refractivity contribution in [3.05, 3.63) is 36.8 Å². The number of isothiocyanates is 1. The van der Waals surface area contributed by atoms with Crippen molar-refractivity contribution in [2.24, 2.45) is 4.99 Å². The molecule has 1 rings (SSSR count). The molecule has 0 heterocycles. The van der Waals surface area contributed by atoms with Gasteiger partial charge in [0.2, 0.25) is 0 Å². The van der Waals surface area contributed by atoms with Crippen LogP contribution in [0.25, 0.3) is 0 Å². The molecule has 0 unspecified atom stereocenters. The lowest BCUT2D eigenvalue weighted by Gasteiger charge is -1.90. The first kappa shape index (κ1) is 7.13. The van der Waals surface area contributed by atoms with Gasteiger partial charge in [0.1, 0.15) is 0 Å². The Balaban J connectivity index is 3.00. The molecule has 0 aromatic heterocycles. The molecule has 0 amide bonds. The summed E-state index contributed by atoms with van der Waals surface area (Å²) in [6.45, 7) is 3.73. The molecule has 0 spiro atoms. The molecule has 0 fully saturated rings. The van der Waals surface area contributed by atoms with Gasteiger partial charge in [-0.1, -0.05) is 12.1 Å². The second-order valence-corrected chi connectivity index (χ2v) is 2.05. The zero-order valence-corrected chi connectivity index (χ0v) is 6.19. The van der Waals surface area contributed by atoms with E-state index in [4.69, 9.17) is 0 Å². The van der Waals surface area contributed by atoms with Crippen LogP contribution in [0.3, 0.4) is 0 Å². The molecule has 0 saturated heterocycles. The first-order chi connectivity index (χ1) is 4.83. The minimum atomic E-state index is 0.822. The standard InChI is InChI=1S/C8H6NS/c1-7-2-4-8(5-3-7)9-6-10/h2-5H,1H2. The van der Waals surface area contributed by atoms with Crippen molar-refractivity contribution in [1.82, 2.24) is 0 Å². The van der Waals surface area contributed by atoms with Gasteiger partial charge in [-0.2, -0.15) is 4.99 Å². The van der Waals surface area contributed by atoms with E-state index >= 15 is 0 Å². The van der Waals surface area contributed by atoms with Crippen molar-refractivity contribution in [3.8, 4) is 0 Å². The minimum Gasteiger partial charge on any atom is -0.195 e. The average Bonchev–Trinajstić information content (AvgIpc) is 1.95. The molecule has 1 nitrogen and oxygen atoms in total. The summed E-state index contributed by atoms with van der Waals surface area (Å²) in [6, 6.07) is 7.46. The van der Waals surface area contributed by atoms with E-state index in [-0.39, 0.29) is 0 Å². The summed E-state index contributed by atoms with van der Waals surface area (Å²) in [5.41, 5.74) is 1.80. The molecule has 0 bridgehead atoms. The van der Waals surface area contributed by atoms with E-state index in [2.05, 4.69) is 29.3 Å². The Hall–Kier alpha value is -0.980. The van der Waals surface area contributed by atoms with Gasteiger partial charge in [0.05, 0.1) is 10.8 Å². The first-order valence-corrected chi connectivity index (χ1v) is 3.23. The Morgan fingerprint density at radius 2 is 1.90 bits per heavy atom. The van der Waals surface area contributed by atoms with E-state index in [0.29, 0.717) is 0 Å². The van der Waals surface area contributed by atoms with Gasteiger partial charge in [0, 0.05) is 0 Å². The van der Waals surface area contributed by atoms with Crippen molar-refractivity contribution >= 4 is 23.1 Å². The van der Waals surface area contributed by atoms with Crippen LogP contribution in [0.5, 0.6) is 0 Å². The van der Waals surface area contributed by atoms with Gasteiger partial charge in [0.25, 0.3) is 0 Å². The van der Waals surface area contributed by atoms with Crippen molar-refractivity contribution in [3.63, 3.8) is 0 Å². The van der Waals surface area contributed by atoms with Crippen LogP contribution in [0.4, 0.5) is 5.69 Å². The SMILES string of the molecule is [CH2]c1ccc(N=C=S)cc1. The van der Waals surface area contributed by atoms with E-state index < -0.39 is 0 Å². The average molecular weight is 148 g/mol. The molecule has 0 N–H and O–H groups in total. The van der Waals surface area contributed by atoms with Gasteiger partial charge in [-0.3, -0.25) is 0 Å². The third-order valence-electron chi connectivity index (χ3n) is 1.11. The van der Waals surface area contributed by atoms with Gasteiger partial charge < -0.3 is 0 Å². The van der Waals surface area contributed by atoms with Crippen LogP contribution in [-0.2, 0) is 0 Å². The maximum absolute atomic E-state index is 4.43. The van der Waals surface area contributed by atoms with Crippen LogP contribution in [0.2, 0.25) is 0 Å². The Morgan fingerprint density at radius 1 is 1.30 bits per heavy atom. The topological polar surface area (TPSA) is 12.4 Å². The van der Waals surface area contributed by atoms with Crippen LogP contribution in [-0.4, -0.2) is 5.16 Å². The zero-order valence-electron chi connectivity index (χ0n) is 5.37. The lowest BCUT2D eigenvalue weighted by Crippen LogP contribution is -1.67. The Bertz CT molecular complexity index is 257. The van der Waals surface area contributed by atoms with Crippen LogP contribution in [0.1, 0.15) is 5.56 Å². The number of thiocarbonyl (C=S) groups is 1. The Labute approximate surface area is 65.4 Å². The highest BCUT2D eigenvalue weighted by molar-refractivity contribution is 7.78. The summed E-state index contributed by atoms with van der Waals surface area (Å²) in [5, 5.41) is 2.29. The summed E-state index contributed by atoms with van der Waals surface area (Å²) < 4.78 is 0. The van der Waals surface area contributed by atoms with Gasteiger partial charge in [0.15, 0.2) is 0 Å². The molecule has 0 aliphatic heterocycles. The van der Waals surface area contributed by atoms with Crippen molar-refractivity contribution < 1.29 is 0 Å².